The van der Waals surface area contributed by atoms with E-state index < -0.39 is 0 Å². The second kappa shape index (κ2) is 6.92. The summed E-state index contributed by atoms with van der Waals surface area (Å²) in [7, 11) is 0. The highest BCUT2D eigenvalue weighted by molar-refractivity contribution is 7.16. The molecule has 2 rings (SSSR count). The highest BCUT2D eigenvalue weighted by Crippen LogP contribution is 2.21. The van der Waals surface area contributed by atoms with E-state index in [0.717, 1.165) is 36.8 Å². The summed E-state index contributed by atoms with van der Waals surface area (Å²) in [6.07, 6.45) is 6.00. The summed E-state index contributed by atoms with van der Waals surface area (Å²) in [5.74, 6) is 0. The molecule has 18 heavy (non-hydrogen) atoms. The van der Waals surface area contributed by atoms with Crippen molar-refractivity contribution in [3.63, 3.8) is 0 Å². The van der Waals surface area contributed by atoms with Crippen LogP contribution in [0.1, 0.15) is 23.9 Å². The van der Waals surface area contributed by atoms with Gasteiger partial charge in [0.1, 0.15) is 0 Å². The van der Waals surface area contributed by atoms with Crippen molar-refractivity contribution >= 4 is 22.9 Å². The topological polar surface area (TPSA) is 29.9 Å². The summed E-state index contributed by atoms with van der Waals surface area (Å²) in [4.78, 5) is 5.52. The Morgan fingerprint density at radius 2 is 2.33 bits per heavy atom. The van der Waals surface area contributed by atoms with E-state index in [1.165, 1.54) is 10.6 Å². The average molecular weight is 284 g/mol. The molecule has 0 saturated heterocycles. The summed E-state index contributed by atoms with van der Waals surface area (Å²) < 4.78 is 3.07. The second-order valence-corrected chi connectivity index (χ2v) is 6.01. The zero-order chi connectivity index (χ0) is 12.8. The van der Waals surface area contributed by atoms with Crippen LogP contribution in [-0.4, -0.2) is 16.1 Å². The monoisotopic (exact) mass is 283 g/mol. The standard InChI is InChI=1S/C13H18ClN3S/c1-2-7-17-10-16-9-11(17)8-15-6-5-12-3-4-13(14)18-12/h3-4,9-10,15H,2,5-8H2,1H3. The molecular weight excluding hydrogens is 266 g/mol. The summed E-state index contributed by atoms with van der Waals surface area (Å²) in [5.41, 5.74) is 1.25. The Hall–Kier alpha value is -0.840. The van der Waals surface area contributed by atoms with Crippen LogP contribution in [-0.2, 0) is 19.5 Å². The molecule has 2 aromatic heterocycles. The molecule has 0 unspecified atom stereocenters. The zero-order valence-electron chi connectivity index (χ0n) is 10.5. The quantitative estimate of drug-likeness (QED) is 0.790. The fraction of sp³-hybridized carbons (Fsp3) is 0.462. The summed E-state index contributed by atoms with van der Waals surface area (Å²) in [6.45, 7) is 5.06. The minimum absolute atomic E-state index is 0.867. The van der Waals surface area contributed by atoms with Crippen molar-refractivity contribution in [3.05, 3.63) is 39.6 Å². The van der Waals surface area contributed by atoms with E-state index in [9.17, 15) is 0 Å². The molecule has 3 nitrogen and oxygen atoms in total. The van der Waals surface area contributed by atoms with Crippen LogP contribution in [0.5, 0.6) is 0 Å². The predicted molar refractivity (Wildman–Crippen MR) is 77.3 cm³/mol. The number of aryl methyl sites for hydroxylation is 1. The minimum atomic E-state index is 0.867. The molecule has 2 aromatic rings. The van der Waals surface area contributed by atoms with Gasteiger partial charge in [-0.15, -0.1) is 11.3 Å². The first-order valence-corrected chi connectivity index (χ1v) is 7.43. The Balaban J connectivity index is 1.73. The van der Waals surface area contributed by atoms with Crippen LogP contribution in [0.2, 0.25) is 4.34 Å². The fourth-order valence-corrected chi connectivity index (χ4v) is 2.94. The molecule has 0 bridgehead atoms. The molecule has 0 aliphatic rings. The van der Waals surface area contributed by atoms with Crippen LogP contribution >= 0.6 is 22.9 Å². The Bertz CT molecular complexity index is 478. The largest absolute Gasteiger partial charge is 0.333 e. The normalized spacial score (nSPS) is 11.0. The molecule has 0 spiro atoms. The molecule has 0 amide bonds. The minimum Gasteiger partial charge on any atom is -0.333 e. The van der Waals surface area contributed by atoms with Gasteiger partial charge in [-0.3, -0.25) is 0 Å². The molecule has 5 heteroatoms. The number of thiophene rings is 1. The van der Waals surface area contributed by atoms with Gasteiger partial charge in [-0.2, -0.15) is 0 Å². The van der Waals surface area contributed by atoms with Crippen molar-refractivity contribution in [3.8, 4) is 0 Å². The Morgan fingerprint density at radius 3 is 3.06 bits per heavy atom. The van der Waals surface area contributed by atoms with E-state index in [4.69, 9.17) is 11.6 Å². The number of nitrogens with one attached hydrogen (secondary N) is 1. The summed E-state index contributed by atoms with van der Waals surface area (Å²) in [6, 6.07) is 4.05. The molecular formula is C13H18ClN3S. The van der Waals surface area contributed by atoms with Gasteiger partial charge in [0, 0.05) is 30.7 Å². The second-order valence-electron chi connectivity index (χ2n) is 4.21. The Labute approximate surface area is 117 Å². The third-order valence-corrected chi connectivity index (χ3v) is 4.04. The van der Waals surface area contributed by atoms with Gasteiger partial charge in [0.05, 0.1) is 16.4 Å². The van der Waals surface area contributed by atoms with Crippen LogP contribution in [0.4, 0.5) is 0 Å². The summed E-state index contributed by atoms with van der Waals surface area (Å²) in [5, 5.41) is 3.45. The van der Waals surface area contributed by atoms with Gasteiger partial charge >= 0.3 is 0 Å². The zero-order valence-corrected chi connectivity index (χ0v) is 12.1. The Morgan fingerprint density at radius 1 is 1.44 bits per heavy atom. The maximum absolute atomic E-state index is 5.90. The highest BCUT2D eigenvalue weighted by Gasteiger charge is 2.01. The van der Waals surface area contributed by atoms with Crippen molar-refractivity contribution in [2.75, 3.05) is 6.54 Å². The van der Waals surface area contributed by atoms with E-state index in [1.54, 1.807) is 11.3 Å². The van der Waals surface area contributed by atoms with E-state index in [2.05, 4.69) is 27.9 Å². The molecule has 0 radical (unpaired) electrons. The van der Waals surface area contributed by atoms with Gasteiger partial charge < -0.3 is 9.88 Å². The first kappa shape index (κ1) is 13.6. The number of halogens is 1. The van der Waals surface area contributed by atoms with E-state index in [-0.39, 0.29) is 0 Å². The van der Waals surface area contributed by atoms with Crippen molar-refractivity contribution in [1.29, 1.82) is 0 Å². The van der Waals surface area contributed by atoms with Crippen molar-refractivity contribution in [1.82, 2.24) is 14.9 Å². The molecule has 2 heterocycles. The molecule has 0 aliphatic heterocycles. The number of aromatic nitrogens is 2. The summed E-state index contributed by atoms with van der Waals surface area (Å²) >= 11 is 7.55. The maximum atomic E-state index is 5.90. The molecule has 0 saturated carbocycles. The van der Waals surface area contributed by atoms with Gasteiger partial charge in [0.15, 0.2) is 0 Å². The third-order valence-electron chi connectivity index (χ3n) is 2.75. The number of imidazole rings is 1. The van der Waals surface area contributed by atoms with Gasteiger partial charge in [-0.25, -0.2) is 4.98 Å². The first-order chi connectivity index (χ1) is 8.79. The van der Waals surface area contributed by atoms with Crippen LogP contribution in [0, 0.1) is 0 Å². The van der Waals surface area contributed by atoms with Crippen LogP contribution in [0.3, 0.4) is 0 Å². The molecule has 0 aromatic carbocycles. The van der Waals surface area contributed by atoms with Gasteiger partial charge in [-0.1, -0.05) is 18.5 Å². The molecule has 0 aliphatic carbocycles. The van der Waals surface area contributed by atoms with Crippen LogP contribution in [0.15, 0.2) is 24.7 Å². The third kappa shape index (κ3) is 3.83. The van der Waals surface area contributed by atoms with E-state index >= 15 is 0 Å². The Kier molecular flexibility index (Phi) is 5.23. The average Bonchev–Trinajstić information content (AvgIpc) is 2.95. The van der Waals surface area contributed by atoms with Crippen molar-refractivity contribution in [2.24, 2.45) is 0 Å². The van der Waals surface area contributed by atoms with Crippen LogP contribution in [0.25, 0.3) is 0 Å². The molecule has 0 atom stereocenters. The predicted octanol–water partition coefficient (Wildman–Crippen LogP) is 3.34. The highest BCUT2D eigenvalue weighted by atomic mass is 35.5. The maximum Gasteiger partial charge on any atom is 0.0948 e. The number of rotatable bonds is 7. The molecule has 98 valence electrons. The van der Waals surface area contributed by atoms with Crippen molar-refractivity contribution < 1.29 is 0 Å². The van der Waals surface area contributed by atoms with E-state index in [1.807, 2.05) is 18.6 Å². The lowest BCUT2D eigenvalue weighted by atomic mass is 10.3. The lowest BCUT2D eigenvalue weighted by molar-refractivity contribution is 0.602. The fourth-order valence-electron chi connectivity index (χ4n) is 1.85. The molecule has 0 fully saturated rings. The number of nitrogens with zero attached hydrogens (tertiary/aromatic N) is 2. The smallest absolute Gasteiger partial charge is 0.0948 e. The van der Waals surface area contributed by atoms with Gasteiger partial charge in [0.25, 0.3) is 0 Å². The molecule has 1 N–H and O–H groups in total. The van der Waals surface area contributed by atoms with E-state index in [0.29, 0.717) is 0 Å². The first-order valence-electron chi connectivity index (χ1n) is 6.23. The number of hydrogen-bond acceptors (Lipinski definition) is 3. The SMILES string of the molecule is CCCn1cncc1CNCCc1ccc(Cl)s1. The lowest BCUT2D eigenvalue weighted by Crippen LogP contribution is -2.18. The van der Waals surface area contributed by atoms with Crippen LogP contribution < -0.4 is 5.32 Å². The number of hydrogen-bond donors (Lipinski definition) is 1. The van der Waals surface area contributed by atoms with Crippen molar-refractivity contribution in [2.45, 2.75) is 32.9 Å². The van der Waals surface area contributed by atoms with Gasteiger partial charge in [-0.05, 0) is 25.0 Å². The van der Waals surface area contributed by atoms with Gasteiger partial charge in [0.2, 0.25) is 0 Å². The lowest BCUT2D eigenvalue weighted by Gasteiger charge is -2.07.